The quantitative estimate of drug-likeness (QED) is 0.530. The van der Waals surface area contributed by atoms with Gasteiger partial charge >= 0.3 is 5.97 Å². The first-order valence-corrected chi connectivity index (χ1v) is 4.35. The number of rotatable bonds is 4. The standard InChI is InChI=1S/C11H12O3/c1-14-11(13)8-10-5-3-2-4-9(10)6-7-12/h2-5,7H,6,8H2,1H3. The first-order valence-electron chi connectivity index (χ1n) is 4.35. The van der Waals surface area contributed by atoms with E-state index in [1.165, 1.54) is 7.11 Å². The average molecular weight is 192 g/mol. The van der Waals surface area contributed by atoms with Crippen molar-refractivity contribution in [2.24, 2.45) is 0 Å². The molecule has 0 spiro atoms. The molecule has 0 amide bonds. The highest BCUT2D eigenvalue weighted by Gasteiger charge is 2.06. The maximum atomic E-state index is 11.0. The van der Waals surface area contributed by atoms with Crippen LogP contribution in [0.25, 0.3) is 0 Å². The Bertz CT molecular complexity index is 331. The van der Waals surface area contributed by atoms with Gasteiger partial charge in [-0.25, -0.2) is 0 Å². The van der Waals surface area contributed by atoms with Crippen molar-refractivity contribution in [3.05, 3.63) is 35.4 Å². The van der Waals surface area contributed by atoms with Crippen molar-refractivity contribution < 1.29 is 14.3 Å². The Morgan fingerprint density at radius 3 is 2.57 bits per heavy atom. The van der Waals surface area contributed by atoms with Crippen molar-refractivity contribution in [3.8, 4) is 0 Å². The second-order valence-electron chi connectivity index (χ2n) is 2.89. The van der Waals surface area contributed by atoms with Crippen LogP contribution in [0.15, 0.2) is 24.3 Å². The Kier molecular flexibility index (Phi) is 3.85. The van der Waals surface area contributed by atoms with Crippen molar-refractivity contribution >= 4 is 12.3 Å². The molecule has 14 heavy (non-hydrogen) atoms. The zero-order valence-electron chi connectivity index (χ0n) is 8.03. The van der Waals surface area contributed by atoms with Gasteiger partial charge in [-0.05, 0) is 11.1 Å². The second kappa shape index (κ2) is 5.17. The van der Waals surface area contributed by atoms with Crippen LogP contribution in [0, 0.1) is 0 Å². The summed E-state index contributed by atoms with van der Waals surface area (Å²) in [7, 11) is 1.35. The van der Waals surface area contributed by atoms with Crippen LogP contribution in [0.4, 0.5) is 0 Å². The van der Waals surface area contributed by atoms with Crippen molar-refractivity contribution in [2.45, 2.75) is 12.8 Å². The Balaban J connectivity index is 2.83. The molecule has 3 heteroatoms. The molecule has 0 saturated heterocycles. The Morgan fingerprint density at radius 1 is 1.36 bits per heavy atom. The monoisotopic (exact) mass is 192 g/mol. The first-order chi connectivity index (χ1) is 6.77. The third-order valence-corrected chi connectivity index (χ3v) is 1.98. The SMILES string of the molecule is COC(=O)Cc1ccccc1CC=O. The summed E-state index contributed by atoms with van der Waals surface area (Å²) in [6, 6.07) is 7.36. The summed E-state index contributed by atoms with van der Waals surface area (Å²) >= 11 is 0. The molecule has 0 fully saturated rings. The molecule has 1 aromatic rings. The van der Waals surface area contributed by atoms with E-state index in [-0.39, 0.29) is 12.4 Å². The predicted molar refractivity (Wildman–Crippen MR) is 51.9 cm³/mol. The molecule has 0 aliphatic heterocycles. The van der Waals surface area contributed by atoms with Crippen LogP contribution in [0.3, 0.4) is 0 Å². The fraction of sp³-hybridized carbons (Fsp3) is 0.273. The molecule has 0 aliphatic rings. The molecule has 0 heterocycles. The molecule has 0 aliphatic carbocycles. The highest BCUT2D eigenvalue weighted by molar-refractivity contribution is 5.73. The Morgan fingerprint density at radius 2 is 2.00 bits per heavy atom. The van der Waals surface area contributed by atoms with Crippen molar-refractivity contribution in [2.75, 3.05) is 7.11 Å². The van der Waals surface area contributed by atoms with E-state index in [1.54, 1.807) is 0 Å². The lowest BCUT2D eigenvalue weighted by Gasteiger charge is -2.04. The molecule has 0 N–H and O–H groups in total. The summed E-state index contributed by atoms with van der Waals surface area (Å²) < 4.78 is 4.56. The van der Waals surface area contributed by atoms with Crippen molar-refractivity contribution in [1.29, 1.82) is 0 Å². The highest BCUT2D eigenvalue weighted by atomic mass is 16.5. The third-order valence-electron chi connectivity index (χ3n) is 1.98. The van der Waals surface area contributed by atoms with Gasteiger partial charge < -0.3 is 9.53 Å². The molecule has 0 saturated carbocycles. The summed E-state index contributed by atoms with van der Waals surface area (Å²) in [5.41, 5.74) is 1.74. The van der Waals surface area contributed by atoms with Crippen LogP contribution >= 0.6 is 0 Å². The van der Waals surface area contributed by atoms with Gasteiger partial charge in [0.2, 0.25) is 0 Å². The van der Waals surface area contributed by atoms with Crippen LogP contribution in [0.1, 0.15) is 11.1 Å². The molecule has 3 nitrogen and oxygen atoms in total. The molecule has 0 unspecified atom stereocenters. The molecular formula is C11H12O3. The third kappa shape index (κ3) is 2.69. The maximum absolute atomic E-state index is 11.0. The minimum atomic E-state index is -0.289. The van der Waals surface area contributed by atoms with E-state index < -0.39 is 0 Å². The second-order valence-corrected chi connectivity index (χ2v) is 2.89. The summed E-state index contributed by atoms with van der Waals surface area (Å²) in [6.45, 7) is 0. The minimum Gasteiger partial charge on any atom is -0.469 e. The molecule has 0 atom stereocenters. The van der Waals surface area contributed by atoms with Gasteiger partial charge in [0.15, 0.2) is 0 Å². The molecule has 0 radical (unpaired) electrons. The summed E-state index contributed by atoms with van der Waals surface area (Å²) in [6.07, 6.45) is 1.39. The maximum Gasteiger partial charge on any atom is 0.309 e. The van der Waals surface area contributed by atoms with E-state index in [9.17, 15) is 9.59 Å². The number of carbonyl (C=O) groups excluding carboxylic acids is 2. The van der Waals surface area contributed by atoms with E-state index in [0.29, 0.717) is 6.42 Å². The normalized spacial score (nSPS) is 9.50. The predicted octanol–water partition coefficient (Wildman–Crippen LogP) is 1.14. The minimum absolute atomic E-state index is 0.223. The summed E-state index contributed by atoms with van der Waals surface area (Å²) in [4.78, 5) is 21.4. The van der Waals surface area contributed by atoms with Crippen LogP contribution < -0.4 is 0 Å². The number of benzene rings is 1. The van der Waals surface area contributed by atoms with E-state index >= 15 is 0 Å². The number of aldehydes is 1. The number of hydrogen-bond donors (Lipinski definition) is 0. The van der Waals surface area contributed by atoms with Crippen LogP contribution in [-0.2, 0) is 27.2 Å². The lowest BCUT2D eigenvalue weighted by molar-refractivity contribution is -0.139. The number of methoxy groups -OCH3 is 1. The average Bonchev–Trinajstić information content (AvgIpc) is 2.21. The Labute approximate surface area is 82.7 Å². The van der Waals surface area contributed by atoms with Crippen LogP contribution in [0.2, 0.25) is 0 Å². The zero-order valence-corrected chi connectivity index (χ0v) is 8.03. The van der Waals surface area contributed by atoms with Crippen molar-refractivity contribution in [1.82, 2.24) is 0 Å². The first kappa shape index (κ1) is 10.4. The smallest absolute Gasteiger partial charge is 0.309 e. The van der Waals surface area contributed by atoms with Gasteiger partial charge in [0.1, 0.15) is 6.29 Å². The molecule has 1 aromatic carbocycles. The highest BCUT2D eigenvalue weighted by Crippen LogP contribution is 2.09. The number of hydrogen-bond acceptors (Lipinski definition) is 3. The van der Waals surface area contributed by atoms with Gasteiger partial charge in [0.25, 0.3) is 0 Å². The number of ether oxygens (including phenoxy) is 1. The lowest BCUT2D eigenvalue weighted by atomic mass is 10.0. The van der Waals surface area contributed by atoms with E-state index in [1.807, 2.05) is 24.3 Å². The molecule has 0 aromatic heterocycles. The zero-order chi connectivity index (χ0) is 10.4. The summed E-state index contributed by atoms with van der Waals surface area (Å²) in [5, 5.41) is 0. The van der Waals surface area contributed by atoms with E-state index in [0.717, 1.165) is 17.4 Å². The summed E-state index contributed by atoms with van der Waals surface area (Å²) in [5.74, 6) is -0.289. The van der Waals surface area contributed by atoms with Crippen LogP contribution in [0.5, 0.6) is 0 Å². The Hall–Kier alpha value is -1.64. The topological polar surface area (TPSA) is 43.4 Å². The van der Waals surface area contributed by atoms with Gasteiger partial charge in [-0.2, -0.15) is 0 Å². The van der Waals surface area contributed by atoms with Gasteiger partial charge in [-0.15, -0.1) is 0 Å². The fourth-order valence-electron chi connectivity index (χ4n) is 1.25. The van der Waals surface area contributed by atoms with Gasteiger partial charge in [0, 0.05) is 6.42 Å². The largest absolute Gasteiger partial charge is 0.469 e. The van der Waals surface area contributed by atoms with E-state index in [4.69, 9.17) is 0 Å². The van der Waals surface area contributed by atoms with Gasteiger partial charge in [-0.3, -0.25) is 4.79 Å². The molecule has 0 bridgehead atoms. The molecule has 1 rings (SSSR count). The van der Waals surface area contributed by atoms with E-state index in [2.05, 4.69) is 4.74 Å². The van der Waals surface area contributed by atoms with Gasteiger partial charge in [-0.1, -0.05) is 24.3 Å². The fourth-order valence-corrected chi connectivity index (χ4v) is 1.25. The van der Waals surface area contributed by atoms with Crippen LogP contribution in [-0.4, -0.2) is 19.4 Å². The van der Waals surface area contributed by atoms with Gasteiger partial charge in [0.05, 0.1) is 13.5 Å². The van der Waals surface area contributed by atoms with Crippen molar-refractivity contribution in [3.63, 3.8) is 0 Å². The molecule has 74 valence electrons. The number of esters is 1. The number of carbonyl (C=O) groups is 2. The lowest BCUT2D eigenvalue weighted by Crippen LogP contribution is -2.07. The molecular weight excluding hydrogens is 180 g/mol.